The van der Waals surface area contributed by atoms with Gasteiger partial charge in [0.15, 0.2) is 6.10 Å². The molecule has 5 nitrogen and oxygen atoms in total. The molecule has 0 aliphatic carbocycles. The van der Waals surface area contributed by atoms with Crippen LogP contribution in [-0.2, 0) is 11.3 Å². The van der Waals surface area contributed by atoms with E-state index in [0.29, 0.717) is 29.2 Å². The Labute approximate surface area is 177 Å². The van der Waals surface area contributed by atoms with Crippen molar-refractivity contribution in [1.82, 2.24) is 0 Å². The molecule has 29 heavy (non-hydrogen) atoms. The molecule has 3 aromatic rings. The molecule has 0 aromatic heterocycles. The van der Waals surface area contributed by atoms with Crippen LogP contribution < -0.4 is 15.0 Å². The van der Waals surface area contributed by atoms with Gasteiger partial charge in [0, 0.05) is 21.8 Å². The van der Waals surface area contributed by atoms with Crippen LogP contribution in [0.1, 0.15) is 22.8 Å². The molecule has 6 heteroatoms. The first-order chi connectivity index (χ1) is 14.0. The van der Waals surface area contributed by atoms with Gasteiger partial charge in [0.05, 0.1) is 12.2 Å². The first kappa shape index (κ1) is 19.2. The summed E-state index contributed by atoms with van der Waals surface area (Å²) in [6.45, 7) is 2.19. The number of carbonyl (C=O) groups is 2. The van der Waals surface area contributed by atoms with Gasteiger partial charge in [-0.2, -0.15) is 0 Å². The number of nitrogens with zero attached hydrogens (tertiary/aromatic N) is 1. The smallest absolute Gasteiger partial charge is 0.268 e. The van der Waals surface area contributed by atoms with Crippen molar-refractivity contribution in [2.45, 2.75) is 19.6 Å². The molecule has 1 aliphatic heterocycles. The Balaban J connectivity index is 1.59. The lowest BCUT2D eigenvalue weighted by Gasteiger charge is -2.33. The standard InChI is InChI=1S/C23H19BrN2O3/c1-15-23(28)26(14-16-6-3-2-4-7-16)20-11-10-19(13-21(20)29-15)25-22(27)17-8-5-9-18(24)12-17/h2-13,15H,14H2,1H3,(H,25,27). The van der Waals surface area contributed by atoms with Crippen molar-refractivity contribution < 1.29 is 14.3 Å². The van der Waals surface area contributed by atoms with Gasteiger partial charge in [-0.25, -0.2) is 0 Å². The predicted molar refractivity (Wildman–Crippen MR) is 116 cm³/mol. The molecule has 0 radical (unpaired) electrons. The van der Waals surface area contributed by atoms with E-state index < -0.39 is 6.10 Å². The topological polar surface area (TPSA) is 58.6 Å². The van der Waals surface area contributed by atoms with E-state index in [1.807, 2.05) is 42.5 Å². The van der Waals surface area contributed by atoms with Crippen LogP contribution in [0.5, 0.6) is 5.75 Å². The molecule has 1 heterocycles. The van der Waals surface area contributed by atoms with Gasteiger partial charge in [0.25, 0.3) is 11.8 Å². The fourth-order valence-corrected chi connectivity index (χ4v) is 3.65. The van der Waals surface area contributed by atoms with E-state index >= 15 is 0 Å². The summed E-state index contributed by atoms with van der Waals surface area (Å²) in [4.78, 5) is 26.9. The maximum Gasteiger partial charge on any atom is 0.268 e. The molecule has 1 N–H and O–H groups in total. The summed E-state index contributed by atoms with van der Waals surface area (Å²) in [5, 5.41) is 2.88. The van der Waals surface area contributed by atoms with E-state index in [1.54, 1.807) is 42.2 Å². The fourth-order valence-electron chi connectivity index (χ4n) is 3.25. The minimum Gasteiger partial charge on any atom is -0.479 e. The summed E-state index contributed by atoms with van der Waals surface area (Å²) in [6.07, 6.45) is -0.595. The van der Waals surface area contributed by atoms with Crippen LogP contribution >= 0.6 is 15.9 Å². The Morgan fingerprint density at radius 1 is 1.07 bits per heavy atom. The highest BCUT2D eigenvalue weighted by atomic mass is 79.9. The van der Waals surface area contributed by atoms with Crippen molar-refractivity contribution in [3.63, 3.8) is 0 Å². The summed E-state index contributed by atoms with van der Waals surface area (Å²) < 4.78 is 6.64. The highest BCUT2D eigenvalue weighted by molar-refractivity contribution is 9.10. The number of rotatable bonds is 4. The number of halogens is 1. The zero-order valence-electron chi connectivity index (χ0n) is 15.8. The zero-order valence-corrected chi connectivity index (χ0v) is 17.3. The summed E-state index contributed by atoms with van der Waals surface area (Å²) >= 11 is 3.37. The molecule has 0 saturated carbocycles. The van der Waals surface area contributed by atoms with Crippen LogP contribution in [-0.4, -0.2) is 17.9 Å². The van der Waals surface area contributed by atoms with Crippen LogP contribution in [0.3, 0.4) is 0 Å². The van der Waals surface area contributed by atoms with Crippen molar-refractivity contribution in [3.8, 4) is 5.75 Å². The number of ether oxygens (including phenoxy) is 1. The van der Waals surface area contributed by atoms with E-state index in [4.69, 9.17) is 4.74 Å². The molecule has 4 rings (SSSR count). The van der Waals surface area contributed by atoms with Gasteiger partial charge in [-0.05, 0) is 42.8 Å². The lowest BCUT2D eigenvalue weighted by atomic mass is 10.1. The summed E-state index contributed by atoms with van der Waals surface area (Å²) in [5.74, 6) is 0.264. The van der Waals surface area contributed by atoms with Gasteiger partial charge < -0.3 is 15.0 Å². The van der Waals surface area contributed by atoms with Crippen LogP contribution in [0, 0.1) is 0 Å². The molecule has 2 amide bonds. The van der Waals surface area contributed by atoms with Gasteiger partial charge >= 0.3 is 0 Å². The average molecular weight is 451 g/mol. The lowest BCUT2D eigenvalue weighted by Crippen LogP contribution is -2.44. The molecule has 0 fully saturated rings. The number of benzene rings is 3. The number of carbonyl (C=O) groups excluding carboxylic acids is 2. The molecule has 3 aromatic carbocycles. The van der Waals surface area contributed by atoms with Gasteiger partial charge in [-0.1, -0.05) is 52.3 Å². The maximum atomic E-state index is 12.7. The van der Waals surface area contributed by atoms with E-state index in [1.165, 1.54) is 0 Å². The Bertz CT molecular complexity index is 1070. The van der Waals surface area contributed by atoms with Gasteiger partial charge in [0.2, 0.25) is 0 Å². The van der Waals surface area contributed by atoms with E-state index in [0.717, 1.165) is 10.0 Å². The molecule has 0 spiro atoms. The first-order valence-corrected chi connectivity index (χ1v) is 10.0. The molecule has 1 unspecified atom stereocenters. The minimum atomic E-state index is -0.595. The first-order valence-electron chi connectivity index (χ1n) is 9.24. The number of nitrogens with one attached hydrogen (secondary N) is 1. The Hall–Kier alpha value is -3.12. The lowest BCUT2D eigenvalue weighted by molar-refractivity contribution is -0.125. The van der Waals surface area contributed by atoms with Crippen LogP contribution in [0.4, 0.5) is 11.4 Å². The van der Waals surface area contributed by atoms with Crippen LogP contribution in [0.25, 0.3) is 0 Å². The monoisotopic (exact) mass is 450 g/mol. The number of fused-ring (bicyclic) bond motifs is 1. The number of hydrogen-bond donors (Lipinski definition) is 1. The predicted octanol–water partition coefficient (Wildman–Crippen LogP) is 5.02. The minimum absolute atomic E-state index is 0.0905. The summed E-state index contributed by atoms with van der Waals surface area (Å²) in [5.41, 5.74) is 2.88. The zero-order chi connectivity index (χ0) is 20.4. The maximum absolute atomic E-state index is 12.7. The highest BCUT2D eigenvalue weighted by Crippen LogP contribution is 2.37. The second kappa shape index (κ2) is 8.09. The Morgan fingerprint density at radius 3 is 2.62 bits per heavy atom. The van der Waals surface area contributed by atoms with E-state index in [2.05, 4.69) is 21.2 Å². The highest BCUT2D eigenvalue weighted by Gasteiger charge is 2.31. The molecule has 1 atom stereocenters. The summed E-state index contributed by atoms with van der Waals surface area (Å²) in [6, 6.07) is 22.3. The third-order valence-electron chi connectivity index (χ3n) is 4.70. The number of anilines is 2. The van der Waals surface area contributed by atoms with Crippen LogP contribution in [0.2, 0.25) is 0 Å². The van der Waals surface area contributed by atoms with Crippen molar-refractivity contribution in [2.24, 2.45) is 0 Å². The SMILES string of the molecule is CC1Oc2cc(NC(=O)c3cccc(Br)c3)ccc2N(Cc2ccccc2)C1=O. The van der Waals surface area contributed by atoms with Crippen LogP contribution in [0.15, 0.2) is 77.3 Å². The van der Waals surface area contributed by atoms with Gasteiger partial charge in [-0.3, -0.25) is 9.59 Å². The van der Waals surface area contributed by atoms with E-state index in [-0.39, 0.29) is 11.8 Å². The number of amides is 2. The summed E-state index contributed by atoms with van der Waals surface area (Å²) in [7, 11) is 0. The largest absolute Gasteiger partial charge is 0.479 e. The normalized spacial score (nSPS) is 15.4. The van der Waals surface area contributed by atoms with Crippen molar-refractivity contribution in [3.05, 3.63) is 88.4 Å². The van der Waals surface area contributed by atoms with Crippen molar-refractivity contribution in [2.75, 3.05) is 10.2 Å². The molecule has 146 valence electrons. The Morgan fingerprint density at radius 2 is 1.86 bits per heavy atom. The third kappa shape index (κ3) is 4.17. The van der Waals surface area contributed by atoms with Crippen molar-refractivity contribution in [1.29, 1.82) is 0 Å². The second-order valence-electron chi connectivity index (χ2n) is 6.82. The number of hydrogen-bond acceptors (Lipinski definition) is 3. The molecule has 1 aliphatic rings. The van der Waals surface area contributed by atoms with Gasteiger partial charge in [0.1, 0.15) is 5.75 Å². The molecule has 0 saturated heterocycles. The molecular weight excluding hydrogens is 432 g/mol. The second-order valence-corrected chi connectivity index (χ2v) is 7.73. The third-order valence-corrected chi connectivity index (χ3v) is 5.19. The van der Waals surface area contributed by atoms with Gasteiger partial charge in [-0.15, -0.1) is 0 Å². The van der Waals surface area contributed by atoms with Crippen molar-refractivity contribution >= 4 is 39.1 Å². The molecular formula is C23H19BrN2O3. The fraction of sp³-hybridized carbons (Fsp3) is 0.130. The Kier molecular flexibility index (Phi) is 5.36. The average Bonchev–Trinajstić information content (AvgIpc) is 2.72. The molecule has 0 bridgehead atoms. The van der Waals surface area contributed by atoms with E-state index in [9.17, 15) is 9.59 Å². The quantitative estimate of drug-likeness (QED) is 0.607.